The summed E-state index contributed by atoms with van der Waals surface area (Å²) in [6.07, 6.45) is 3.36. The first-order chi connectivity index (χ1) is 12.5. The van der Waals surface area contributed by atoms with E-state index in [-0.39, 0.29) is 5.91 Å². The number of hydrogen-bond acceptors (Lipinski definition) is 3. The Bertz CT molecular complexity index is 994. The average molecular weight is 349 g/mol. The van der Waals surface area contributed by atoms with Crippen molar-refractivity contribution in [3.05, 3.63) is 59.4 Å². The van der Waals surface area contributed by atoms with Crippen molar-refractivity contribution in [3.8, 4) is 16.9 Å². The van der Waals surface area contributed by atoms with Crippen molar-refractivity contribution in [2.45, 2.75) is 20.8 Å². The van der Waals surface area contributed by atoms with Crippen LogP contribution in [0, 0.1) is 13.8 Å². The van der Waals surface area contributed by atoms with E-state index in [2.05, 4.69) is 36.5 Å². The fourth-order valence-corrected chi connectivity index (χ4v) is 3.18. The molecule has 3 aromatic rings. The predicted molar refractivity (Wildman–Crippen MR) is 105 cm³/mol. The van der Waals surface area contributed by atoms with Crippen LogP contribution in [0.4, 0.5) is 0 Å². The van der Waals surface area contributed by atoms with Gasteiger partial charge < -0.3 is 14.5 Å². The van der Waals surface area contributed by atoms with Gasteiger partial charge >= 0.3 is 0 Å². The van der Waals surface area contributed by atoms with Gasteiger partial charge in [0.1, 0.15) is 11.3 Å². The van der Waals surface area contributed by atoms with Crippen molar-refractivity contribution in [3.63, 3.8) is 0 Å². The zero-order chi connectivity index (χ0) is 18.8. The van der Waals surface area contributed by atoms with E-state index in [1.165, 1.54) is 5.56 Å². The van der Waals surface area contributed by atoms with Gasteiger partial charge in [0.15, 0.2) is 0 Å². The fraction of sp³-hybridized carbons (Fsp3) is 0.227. The van der Waals surface area contributed by atoms with Crippen LogP contribution in [0.1, 0.15) is 23.6 Å². The summed E-state index contributed by atoms with van der Waals surface area (Å²) in [5.74, 6) is 0.577. The minimum atomic E-state index is -0.145. The Labute approximate surface area is 153 Å². The number of furan rings is 1. The smallest absolute Gasteiger partial charge is 0.244 e. The Hall–Kier alpha value is -3.01. The van der Waals surface area contributed by atoms with Crippen molar-refractivity contribution in [2.75, 3.05) is 14.2 Å². The third kappa shape index (κ3) is 3.10. The van der Waals surface area contributed by atoms with Crippen LogP contribution >= 0.6 is 0 Å². The zero-order valence-corrected chi connectivity index (χ0v) is 15.8. The van der Waals surface area contributed by atoms with Crippen LogP contribution in [0.3, 0.4) is 0 Å². The first-order valence-electron chi connectivity index (χ1n) is 8.52. The molecule has 26 heavy (non-hydrogen) atoms. The average Bonchev–Trinajstić information content (AvgIpc) is 3.06. The maximum atomic E-state index is 11.8. The minimum absolute atomic E-state index is 0.145. The van der Waals surface area contributed by atoms with Crippen LogP contribution in [0.2, 0.25) is 0 Å². The van der Waals surface area contributed by atoms with Crippen LogP contribution in [-0.4, -0.2) is 20.1 Å². The van der Waals surface area contributed by atoms with Crippen LogP contribution in [0.25, 0.3) is 27.7 Å². The highest BCUT2D eigenvalue weighted by Crippen LogP contribution is 2.40. The lowest BCUT2D eigenvalue weighted by atomic mass is 9.96. The summed E-state index contributed by atoms with van der Waals surface area (Å²) in [5.41, 5.74) is 6.78. The molecular weight excluding hydrogens is 326 g/mol. The number of methoxy groups -OCH3 is 1. The van der Waals surface area contributed by atoms with Crippen molar-refractivity contribution in [1.82, 2.24) is 5.32 Å². The monoisotopic (exact) mass is 349 g/mol. The van der Waals surface area contributed by atoms with Crippen molar-refractivity contribution < 1.29 is 13.9 Å². The molecule has 0 radical (unpaired) electrons. The molecule has 4 nitrogen and oxygen atoms in total. The number of fused-ring (bicyclic) bond motifs is 1. The molecule has 4 heteroatoms. The standard InChI is InChI=1S/C22H23NO3/c1-13-6-8-16(9-7-13)19-12-26-22-15(3)21(25-5)17(11-18(19)22)14(2)10-20(24)23-4/h6-12H,1-5H3,(H,23,24)/b14-10+. The molecule has 2 aromatic carbocycles. The summed E-state index contributed by atoms with van der Waals surface area (Å²) >= 11 is 0. The number of aryl methyl sites for hydroxylation is 2. The molecule has 0 aliphatic rings. The number of ether oxygens (including phenoxy) is 1. The number of nitrogens with one attached hydrogen (secondary N) is 1. The number of carbonyl (C=O) groups is 1. The van der Waals surface area contributed by atoms with Crippen molar-refractivity contribution in [1.29, 1.82) is 0 Å². The third-order valence-electron chi connectivity index (χ3n) is 4.63. The first kappa shape index (κ1) is 17.8. The summed E-state index contributed by atoms with van der Waals surface area (Å²) in [7, 11) is 3.25. The van der Waals surface area contributed by atoms with E-state index in [0.29, 0.717) is 0 Å². The maximum absolute atomic E-state index is 11.8. The Morgan fingerprint density at radius 3 is 2.50 bits per heavy atom. The lowest BCUT2D eigenvalue weighted by molar-refractivity contribution is -0.116. The first-order valence-corrected chi connectivity index (χ1v) is 8.52. The molecule has 3 rings (SSSR count). The Morgan fingerprint density at radius 1 is 1.19 bits per heavy atom. The van der Waals surface area contributed by atoms with E-state index >= 15 is 0 Å². The topological polar surface area (TPSA) is 51.5 Å². The molecule has 0 fully saturated rings. The van der Waals surface area contributed by atoms with Crippen LogP contribution < -0.4 is 10.1 Å². The van der Waals surface area contributed by atoms with Gasteiger partial charge in [-0.15, -0.1) is 0 Å². The molecule has 0 spiro atoms. The normalized spacial score (nSPS) is 11.7. The molecule has 0 saturated carbocycles. The second-order valence-electron chi connectivity index (χ2n) is 6.42. The highest BCUT2D eigenvalue weighted by molar-refractivity contribution is 6.01. The summed E-state index contributed by atoms with van der Waals surface area (Å²) in [6.45, 7) is 5.95. The molecule has 1 aromatic heterocycles. The molecule has 1 N–H and O–H groups in total. The van der Waals surface area contributed by atoms with Gasteiger partial charge in [-0.25, -0.2) is 0 Å². The number of hydrogen-bond donors (Lipinski definition) is 1. The number of rotatable bonds is 4. The summed E-state index contributed by atoms with van der Waals surface area (Å²) in [4.78, 5) is 11.8. The molecule has 0 atom stereocenters. The Morgan fingerprint density at radius 2 is 1.88 bits per heavy atom. The summed E-state index contributed by atoms with van der Waals surface area (Å²) in [5, 5.41) is 3.62. The molecule has 0 saturated heterocycles. The molecule has 0 aliphatic heterocycles. The number of allylic oxidation sites excluding steroid dienone is 1. The fourth-order valence-electron chi connectivity index (χ4n) is 3.18. The van der Waals surface area contributed by atoms with Gasteiger partial charge in [-0.2, -0.15) is 0 Å². The van der Waals surface area contributed by atoms with E-state index in [1.807, 2.05) is 19.9 Å². The number of amides is 1. The number of carbonyl (C=O) groups excluding carboxylic acids is 1. The van der Waals surface area contributed by atoms with Crippen LogP contribution in [-0.2, 0) is 4.79 Å². The van der Waals surface area contributed by atoms with Gasteiger partial charge in [0.05, 0.1) is 13.4 Å². The molecule has 0 bridgehead atoms. The van der Waals surface area contributed by atoms with Gasteiger partial charge in [-0.3, -0.25) is 4.79 Å². The highest BCUT2D eigenvalue weighted by atomic mass is 16.5. The lowest BCUT2D eigenvalue weighted by Gasteiger charge is -2.13. The zero-order valence-electron chi connectivity index (χ0n) is 15.8. The number of likely N-dealkylation sites (N-methyl/N-ethyl adjacent to an activating group) is 1. The largest absolute Gasteiger partial charge is 0.496 e. The van der Waals surface area contributed by atoms with Gasteiger partial charge in [0, 0.05) is 35.2 Å². The lowest BCUT2D eigenvalue weighted by Crippen LogP contribution is -2.14. The van der Waals surface area contributed by atoms with E-state index in [0.717, 1.165) is 44.5 Å². The molecule has 1 heterocycles. The van der Waals surface area contributed by atoms with E-state index < -0.39 is 0 Å². The maximum Gasteiger partial charge on any atom is 0.244 e. The minimum Gasteiger partial charge on any atom is -0.496 e. The second-order valence-corrected chi connectivity index (χ2v) is 6.42. The molecule has 1 amide bonds. The molecule has 0 unspecified atom stereocenters. The Kier molecular flexibility index (Phi) is 4.85. The van der Waals surface area contributed by atoms with Gasteiger partial charge in [-0.1, -0.05) is 29.8 Å². The van der Waals surface area contributed by atoms with Crippen molar-refractivity contribution in [2.24, 2.45) is 0 Å². The molecule has 134 valence electrons. The SMILES string of the molecule is CNC(=O)/C=C(\C)c1cc2c(-c3ccc(C)cc3)coc2c(C)c1OC. The quantitative estimate of drug-likeness (QED) is 0.683. The summed E-state index contributed by atoms with van der Waals surface area (Å²) in [6, 6.07) is 10.4. The van der Waals surface area contributed by atoms with Gasteiger partial charge in [0.2, 0.25) is 5.91 Å². The predicted octanol–water partition coefficient (Wildman–Crippen LogP) is 4.87. The van der Waals surface area contributed by atoms with E-state index in [1.54, 1.807) is 26.5 Å². The highest BCUT2D eigenvalue weighted by Gasteiger charge is 2.18. The molecular formula is C22H23NO3. The van der Waals surface area contributed by atoms with Gasteiger partial charge in [-0.05, 0) is 38.0 Å². The van der Waals surface area contributed by atoms with E-state index in [4.69, 9.17) is 9.15 Å². The van der Waals surface area contributed by atoms with Crippen LogP contribution in [0.5, 0.6) is 5.75 Å². The molecule has 0 aliphatic carbocycles. The Balaban J connectivity index is 2.25. The number of benzene rings is 2. The summed E-state index contributed by atoms with van der Waals surface area (Å²) < 4.78 is 11.5. The van der Waals surface area contributed by atoms with E-state index in [9.17, 15) is 4.79 Å². The third-order valence-corrected chi connectivity index (χ3v) is 4.63. The van der Waals surface area contributed by atoms with Crippen LogP contribution in [0.15, 0.2) is 47.1 Å². The van der Waals surface area contributed by atoms with Gasteiger partial charge in [0.25, 0.3) is 0 Å². The second kappa shape index (κ2) is 7.08. The van der Waals surface area contributed by atoms with Crippen molar-refractivity contribution >= 4 is 22.4 Å².